The minimum atomic E-state index is 0.728. The number of guanidine groups is 1. The first-order valence-corrected chi connectivity index (χ1v) is 8.87. The van der Waals surface area contributed by atoms with Crippen molar-refractivity contribution in [1.29, 1.82) is 0 Å². The Labute approximate surface area is 142 Å². The number of methoxy groups -OCH3 is 1. The molecule has 2 rings (SSSR count). The minimum absolute atomic E-state index is 0.728. The van der Waals surface area contributed by atoms with Crippen molar-refractivity contribution < 1.29 is 4.74 Å². The molecule has 4 nitrogen and oxygen atoms in total. The molecule has 0 aliphatic carbocycles. The highest BCUT2D eigenvalue weighted by molar-refractivity contribution is 7.09. The number of rotatable bonds is 8. The Bertz CT molecular complexity index is 579. The lowest BCUT2D eigenvalue weighted by atomic mass is 10.1. The molecule has 2 aromatic rings. The zero-order valence-corrected chi connectivity index (χ0v) is 14.7. The Hall–Kier alpha value is -2.01. The summed E-state index contributed by atoms with van der Waals surface area (Å²) in [5, 5.41) is 8.76. The van der Waals surface area contributed by atoms with E-state index in [1.165, 1.54) is 10.4 Å². The van der Waals surface area contributed by atoms with Crippen molar-refractivity contribution in [1.82, 2.24) is 10.6 Å². The third-order valence-electron chi connectivity index (χ3n) is 3.41. The SMILES string of the molecule is CCNC(=NCc1cccs1)NCCCc1ccc(OC)cc1. The first-order chi connectivity index (χ1) is 11.3. The molecule has 0 spiro atoms. The van der Waals surface area contributed by atoms with E-state index in [0.717, 1.165) is 44.2 Å². The van der Waals surface area contributed by atoms with Crippen LogP contribution in [0.5, 0.6) is 5.75 Å². The smallest absolute Gasteiger partial charge is 0.191 e. The highest BCUT2D eigenvalue weighted by atomic mass is 32.1. The molecule has 23 heavy (non-hydrogen) atoms. The summed E-state index contributed by atoms with van der Waals surface area (Å²) in [6, 6.07) is 12.4. The van der Waals surface area contributed by atoms with Gasteiger partial charge in [0.05, 0.1) is 13.7 Å². The summed E-state index contributed by atoms with van der Waals surface area (Å²) in [6.07, 6.45) is 2.11. The van der Waals surface area contributed by atoms with E-state index in [4.69, 9.17) is 4.74 Å². The van der Waals surface area contributed by atoms with Crippen LogP contribution in [0.2, 0.25) is 0 Å². The second kappa shape index (κ2) is 9.90. The summed E-state index contributed by atoms with van der Waals surface area (Å²) in [4.78, 5) is 5.89. The van der Waals surface area contributed by atoms with Crippen molar-refractivity contribution in [3.8, 4) is 5.75 Å². The van der Waals surface area contributed by atoms with Gasteiger partial charge < -0.3 is 15.4 Å². The van der Waals surface area contributed by atoms with Gasteiger partial charge >= 0.3 is 0 Å². The largest absolute Gasteiger partial charge is 0.497 e. The number of benzene rings is 1. The monoisotopic (exact) mass is 331 g/mol. The van der Waals surface area contributed by atoms with E-state index >= 15 is 0 Å². The van der Waals surface area contributed by atoms with Crippen LogP contribution in [-0.2, 0) is 13.0 Å². The average Bonchev–Trinajstić information content (AvgIpc) is 3.10. The minimum Gasteiger partial charge on any atom is -0.497 e. The van der Waals surface area contributed by atoms with Crippen molar-refractivity contribution in [3.05, 3.63) is 52.2 Å². The number of ether oxygens (including phenoxy) is 1. The maximum Gasteiger partial charge on any atom is 0.191 e. The Morgan fingerprint density at radius 1 is 1.17 bits per heavy atom. The van der Waals surface area contributed by atoms with Crippen LogP contribution in [-0.4, -0.2) is 26.2 Å². The molecular formula is C18H25N3OS. The van der Waals surface area contributed by atoms with E-state index in [-0.39, 0.29) is 0 Å². The number of nitrogens with one attached hydrogen (secondary N) is 2. The molecule has 0 fully saturated rings. The lowest BCUT2D eigenvalue weighted by Crippen LogP contribution is -2.37. The molecule has 0 bridgehead atoms. The van der Waals surface area contributed by atoms with Crippen LogP contribution in [0.15, 0.2) is 46.8 Å². The molecule has 1 aromatic carbocycles. The van der Waals surface area contributed by atoms with Crippen molar-refractivity contribution in [2.24, 2.45) is 4.99 Å². The number of hydrogen-bond acceptors (Lipinski definition) is 3. The van der Waals surface area contributed by atoms with Crippen LogP contribution in [0.1, 0.15) is 23.8 Å². The highest BCUT2D eigenvalue weighted by Crippen LogP contribution is 2.12. The average molecular weight is 331 g/mol. The maximum atomic E-state index is 5.18. The third kappa shape index (κ3) is 6.32. The molecule has 0 amide bonds. The number of nitrogens with zero attached hydrogens (tertiary/aromatic N) is 1. The molecule has 0 saturated carbocycles. The summed E-state index contributed by atoms with van der Waals surface area (Å²) < 4.78 is 5.18. The standard InChI is InChI=1S/C18H25N3OS/c1-3-19-18(21-14-17-7-5-13-23-17)20-12-4-6-15-8-10-16(22-2)11-9-15/h5,7-11,13H,3-4,6,12,14H2,1-2H3,(H2,19,20,21). The van der Waals surface area contributed by atoms with E-state index < -0.39 is 0 Å². The second-order valence-corrected chi connectivity index (χ2v) is 6.19. The molecule has 124 valence electrons. The summed E-state index contributed by atoms with van der Waals surface area (Å²) in [5.41, 5.74) is 1.33. The third-order valence-corrected chi connectivity index (χ3v) is 4.27. The lowest BCUT2D eigenvalue weighted by Gasteiger charge is -2.11. The van der Waals surface area contributed by atoms with E-state index in [0.29, 0.717) is 0 Å². The Morgan fingerprint density at radius 3 is 2.65 bits per heavy atom. The first kappa shape index (κ1) is 17.3. The molecule has 5 heteroatoms. The highest BCUT2D eigenvalue weighted by Gasteiger charge is 1.99. The van der Waals surface area contributed by atoms with Crippen molar-refractivity contribution in [2.75, 3.05) is 20.2 Å². The molecule has 0 atom stereocenters. The summed E-state index contributed by atoms with van der Waals surface area (Å²) in [7, 11) is 1.69. The fourth-order valence-electron chi connectivity index (χ4n) is 2.19. The van der Waals surface area contributed by atoms with Gasteiger partial charge in [-0.25, -0.2) is 4.99 Å². The topological polar surface area (TPSA) is 45.7 Å². The van der Waals surface area contributed by atoms with E-state index in [1.54, 1.807) is 18.4 Å². The summed E-state index contributed by atoms with van der Waals surface area (Å²) >= 11 is 1.74. The van der Waals surface area contributed by atoms with Gasteiger partial charge in [-0.15, -0.1) is 11.3 Å². The van der Waals surface area contributed by atoms with Gasteiger partial charge in [0.1, 0.15) is 5.75 Å². The zero-order valence-electron chi connectivity index (χ0n) is 13.8. The van der Waals surface area contributed by atoms with Gasteiger partial charge in [0.25, 0.3) is 0 Å². The molecule has 2 N–H and O–H groups in total. The zero-order chi connectivity index (χ0) is 16.3. The van der Waals surface area contributed by atoms with Crippen molar-refractivity contribution in [3.63, 3.8) is 0 Å². The predicted octanol–water partition coefficient (Wildman–Crippen LogP) is 3.44. The van der Waals surface area contributed by atoms with E-state index in [1.807, 2.05) is 12.1 Å². The molecular weight excluding hydrogens is 306 g/mol. The maximum absolute atomic E-state index is 5.18. The van der Waals surface area contributed by atoms with Crippen LogP contribution >= 0.6 is 11.3 Å². The fraction of sp³-hybridized carbons (Fsp3) is 0.389. The van der Waals surface area contributed by atoms with Crippen LogP contribution in [0.3, 0.4) is 0 Å². The first-order valence-electron chi connectivity index (χ1n) is 7.99. The number of aliphatic imine (C=N–C) groups is 1. The van der Waals surface area contributed by atoms with Gasteiger partial charge in [-0.3, -0.25) is 0 Å². The molecule has 1 heterocycles. The van der Waals surface area contributed by atoms with E-state index in [2.05, 4.69) is 52.2 Å². The number of thiophene rings is 1. The van der Waals surface area contributed by atoms with Gasteiger partial charge in [0.15, 0.2) is 5.96 Å². The van der Waals surface area contributed by atoms with Crippen LogP contribution < -0.4 is 15.4 Å². The second-order valence-electron chi connectivity index (χ2n) is 5.15. The molecule has 0 aliphatic rings. The summed E-state index contributed by atoms with van der Waals surface area (Å²) in [6.45, 7) is 4.59. The lowest BCUT2D eigenvalue weighted by molar-refractivity contribution is 0.414. The summed E-state index contributed by atoms with van der Waals surface area (Å²) in [5.74, 6) is 1.79. The molecule has 1 aromatic heterocycles. The fourth-order valence-corrected chi connectivity index (χ4v) is 2.82. The number of hydrogen-bond donors (Lipinski definition) is 2. The Balaban J connectivity index is 1.73. The van der Waals surface area contributed by atoms with Crippen LogP contribution in [0, 0.1) is 0 Å². The van der Waals surface area contributed by atoms with Crippen molar-refractivity contribution >= 4 is 17.3 Å². The molecule has 0 unspecified atom stereocenters. The van der Waals surface area contributed by atoms with E-state index in [9.17, 15) is 0 Å². The predicted molar refractivity (Wildman–Crippen MR) is 98.5 cm³/mol. The van der Waals surface area contributed by atoms with Crippen LogP contribution in [0.4, 0.5) is 0 Å². The quantitative estimate of drug-likeness (QED) is 0.442. The Morgan fingerprint density at radius 2 is 2.00 bits per heavy atom. The molecule has 0 saturated heterocycles. The van der Waals surface area contributed by atoms with Gasteiger partial charge in [-0.2, -0.15) is 0 Å². The van der Waals surface area contributed by atoms with Gasteiger partial charge in [0, 0.05) is 18.0 Å². The van der Waals surface area contributed by atoms with Crippen molar-refractivity contribution in [2.45, 2.75) is 26.3 Å². The van der Waals surface area contributed by atoms with Gasteiger partial charge in [0.2, 0.25) is 0 Å². The van der Waals surface area contributed by atoms with Crippen LogP contribution in [0.25, 0.3) is 0 Å². The van der Waals surface area contributed by atoms with Gasteiger partial charge in [-0.1, -0.05) is 18.2 Å². The normalized spacial score (nSPS) is 11.3. The Kier molecular flexibility index (Phi) is 7.46. The molecule has 0 radical (unpaired) electrons. The number of aryl methyl sites for hydroxylation is 1. The molecule has 0 aliphatic heterocycles. The van der Waals surface area contributed by atoms with Gasteiger partial charge in [-0.05, 0) is 48.9 Å².